The van der Waals surface area contributed by atoms with Crippen LogP contribution in [0.1, 0.15) is 56.8 Å². The summed E-state index contributed by atoms with van der Waals surface area (Å²) in [5, 5.41) is 16.8. The standard InChI is InChI=1S/C29H32N6O2/c1-19(2)33-29(36)34-21-10-8-20(9-11-21)28-26(16-30)25-13-12-24(15-27(25)35(28)23-6-3-7-23)37-14-4-5-22-17-31-18-32-22/h8-13,15,17-19,23H,3-7,14H2,1-2H3,(H,31,32)(H2,33,34,36). The lowest BCUT2D eigenvalue weighted by molar-refractivity contribution is 0.250. The van der Waals surface area contributed by atoms with Crippen LogP contribution in [0.3, 0.4) is 0 Å². The minimum Gasteiger partial charge on any atom is -0.494 e. The van der Waals surface area contributed by atoms with Gasteiger partial charge in [-0.05, 0) is 75.8 Å². The molecule has 5 rings (SSSR count). The zero-order valence-corrected chi connectivity index (χ0v) is 21.3. The molecule has 1 aliphatic rings. The third-order valence-electron chi connectivity index (χ3n) is 6.78. The number of ether oxygens (including phenoxy) is 1. The highest BCUT2D eigenvalue weighted by atomic mass is 16.5. The van der Waals surface area contributed by atoms with E-state index in [2.05, 4.69) is 37.3 Å². The first-order valence-electron chi connectivity index (χ1n) is 12.9. The van der Waals surface area contributed by atoms with E-state index in [1.165, 1.54) is 6.42 Å². The molecule has 0 bridgehead atoms. The topological polar surface area (TPSA) is 108 Å². The van der Waals surface area contributed by atoms with Gasteiger partial charge in [-0.2, -0.15) is 5.26 Å². The average molecular weight is 497 g/mol. The van der Waals surface area contributed by atoms with Crippen LogP contribution in [-0.2, 0) is 6.42 Å². The lowest BCUT2D eigenvalue weighted by Crippen LogP contribution is -2.34. The monoisotopic (exact) mass is 496 g/mol. The molecule has 1 aliphatic carbocycles. The minimum atomic E-state index is -0.235. The fourth-order valence-corrected chi connectivity index (χ4v) is 4.82. The number of rotatable bonds is 9. The minimum absolute atomic E-state index is 0.0563. The SMILES string of the molecule is CC(C)NC(=O)Nc1ccc(-c2c(C#N)c3ccc(OCCCc4cnc[nH]4)cc3n2C2CCC2)cc1. The van der Waals surface area contributed by atoms with Crippen molar-refractivity contribution in [3.05, 3.63) is 66.2 Å². The van der Waals surface area contributed by atoms with Crippen LogP contribution >= 0.6 is 0 Å². The van der Waals surface area contributed by atoms with E-state index in [0.29, 0.717) is 23.9 Å². The Hall–Kier alpha value is -4.25. The number of carbonyl (C=O) groups excluding carboxylic acids is 1. The molecule has 190 valence electrons. The molecule has 37 heavy (non-hydrogen) atoms. The number of amides is 2. The molecule has 0 aliphatic heterocycles. The van der Waals surface area contributed by atoms with Gasteiger partial charge in [0.25, 0.3) is 0 Å². The van der Waals surface area contributed by atoms with Crippen molar-refractivity contribution in [1.29, 1.82) is 5.26 Å². The number of aryl methyl sites for hydroxylation is 1. The van der Waals surface area contributed by atoms with Crippen LogP contribution < -0.4 is 15.4 Å². The number of anilines is 1. The second kappa shape index (κ2) is 10.8. The van der Waals surface area contributed by atoms with Gasteiger partial charge < -0.3 is 24.9 Å². The van der Waals surface area contributed by atoms with Gasteiger partial charge in [0.2, 0.25) is 0 Å². The number of aromatic amines is 1. The third-order valence-corrected chi connectivity index (χ3v) is 6.78. The van der Waals surface area contributed by atoms with Crippen LogP contribution in [0.5, 0.6) is 5.75 Å². The van der Waals surface area contributed by atoms with Crippen LogP contribution in [0.15, 0.2) is 55.0 Å². The molecule has 2 heterocycles. The van der Waals surface area contributed by atoms with E-state index in [9.17, 15) is 10.1 Å². The van der Waals surface area contributed by atoms with Gasteiger partial charge in [-0.1, -0.05) is 12.1 Å². The second-order valence-electron chi connectivity index (χ2n) is 9.83. The Balaban J connectivity index is 1.43. The molecule has 2 aromatic heterocycles. The van der Waals surface area contributed by atoms with E-state index in [0.717, 1.165) is 59.3 Å². The highest BCUT2D eigenvalue weighted by Crippen LogP contribution is 2.43. The summed E-state index contributed by atoms with van der Waals surface area (Å²) in [7, 11) is 0. The van der Waals surface area contributed by atoms with E-state index >= 15 is 0 Å². The Morgan fingerprint density at radius 1 is 1.24 bits per heavy atom. The van der Waals surface area contributed by atoms with E-state index in [1.54, 1.807) is 6.33 Å². The summed E-state index contributed by atoms with van der Waals surface area (Å²) in [4.78, 5) is 19.3. The largest absolute Gasteiger partial charge is 0.494 e. The van der Waals surface area contributed by atoms with Crippen molar-refractivity contribution in [1.82, 2.24) is 19.9 Å². The van der Waals surface area contributed by atoms with Crippen molar-refractivity contribution in [2.75, 3.05) is 11.9 Å². The maximum atomic E-state index is 12.1. The molecule has 8 nitrogen and oxygen atoms in total. The number of hydrogen-bond acceptors (Lipinski definition) is 4. The van der Waals surface area contributed by atoms with Crippen molar-refractivity contribution >= 4 is 22.6 Å². The number of H-pyrrole nitrogens is 1. The van der Waals surface area contributed by atoms with E-state index in [1.807, 2.05) is 56.4 Å². The van der Waals surface area contributed by atoms with Gasteiger partial charge in [0, 0.05) is 41.1 Å². The number of imidazole rings is 1. The molecule has 8 heteroatoms. The smallest absolute Gasteiger partial charge is 0.319 e. The number of fused-ring (bicyclic) bond motifs is 1. The summed E-state index contributed by atoms with van der Waals surface area (Å²) < 4.78 is 8.41. The maximum absolute atomic E-state index is 12.1. The zero-order chi connectivity index (χ0) is 25.8. The fourth-order valence-electron chi connectivity index (χ4n) is 4.82. The second-order valence-corrected chi connectivity index (χ2v) is 9.83. The van der Waals surface area contributed by atoms with Gasteiger partial charge in [0.1, 0.15) is 11.8 Å². The molecule has 0 unspecified atom stereocenters. The van der Waals surface area contributed by atoms with E-state index in [4.69, 9.17) is 4.74 Å². The normalized spacial score (nSPS) is 13.4. The summed E-state index contributed by atoms with van der Waals surface area (Å²) >= 11 is 0. The lowest BCUT2D eigenvalue weighted by Gasteiger charge is -2.30. The van der Waals surface area contributed by atoms with Gasteiger partial charge in [0.05, 0.1) is 29.7 Å². The molecule has 1 saturated carbocycles. The lowest BCUT2D eigenvalue weighted by atomic mass is 9.92. The van der Waals surface area contributed by atoms with Crippen LogP contribution in [0.4, 0.5) is 10.5 Å². The maximum Gasteiger partial charge on any atom is 0.319 e. The third kappa shape index (κ3) is 5.31. The van der Waals surface area contributed by atoms with Crippen LogP contribution in [0.2, 0.25) is 0 Å². The molecule has 0 radical (unpaired) electrons. The van der Waals surface area contributed by atoms with Crippen LogP contribution in [0, 0.1) is 11.3 Å². The Labute approximate surface area is 216 Å². The Morgan fingerprint density at radius 2 is 2.05 bits per heavy atom. The molecule has 4 aromatic rings. The van der Waals surface area contributed by atoms with Crippen LogP contribution in [-0.4, -0.2) is 33.2 Å². The fraction of sp³-hybridized carbons (Fsp3) is 0.345. The van der Waals surface area contributed by atoms with E-state index < -0.39 is 0 Å². The number of urea groups is 1. The number of benzene rings is 2. The van der Waals surface area contributed by atoms with Gasteiger partial charge in [0.15, 0.2) is 0 Å². The van der Waals surface area contributed by atoms with Crippen molar-refractivity contribution in [2.24, 2.45) is 0 Å². The zero-order valence-electron chi connectivity index (χ0n) is 21.3. The molecule has 0 saturated heterocycles. The van der Waals surface area contributed by atoms with Crippen molar-refractivity contribution in [2.45, 2.75) is 58.0 Å². The number of carbonyl (C=O) groups is 1. The number of nitrogens with zero attached hydrogens (tertiary/aromatic N) is 3. The first-order chi connectivity index (χ1) is 18.0. The van der Waals surface area contributed by atoms with Gasteiger partial charge in [-0.25, -0.2) is 9.78 Å². The van der Waals surface area contributed by atoms with E-state index in [-0.39, 0.29) is 12.1 Å². The molecular formula is C29H32N6O2. The quantitative estimate of drug-likeness (QED) is 0.241. The summed E-state index contributed by atoms with van der Waals surface area (Å²) in [6.45, 7) is 4.44. The summed E-state index contributed by atoms with van der Waals surface area (Å²) in [5.74, 6) is 0.807. The average Bonchev–Trinajstić information content (AvgIpc) is 3.47. The Bertz CT molecular complexity index is 1410. The molecule has 0 atom stereocenters. The van der Waals surface area contributed by atoms with Crippen molar-refractivity contribution < 1.29 is 9.53 Å². The first kappa shape index (κ1) is 24.4. The summed E-state index contributed by atoms with van der Waals surface area (Å²) in [6.07, 6.45) is 8.66. The number of hydrogen-bond donors (Lipinski definition) is 3. The predicted molar refractivity (Wildman–Crippen MR) is 145 cm³/mol. The predicted octanol–water partition coefficient (Wildman–Crippen LogP) is 6.17. The van der Waals surface area contributed by atoms with Gasteiger partial charge in [-0.15, -0.1) is 0 Å². The van der Waals surface area contributed by atoms with Crippen LogP contribution in [0.25, 0.3) is 22.2 Å². The van der Waals surface area contributed by atoms with Gasteiger partial charge in [-0.3, -0.25) is 0 Å². The molecule has 2 aromatic carbocycles. The Kier molecular flexibility index (Phi) is 7.13. The molecule has 0 spiro atoms. The summed E-state index contributed by atoms with van der Waals surface area (Å²) in [5.41, 5.74) is 5.39. The number of nitriles is 1. The molecular weight excluding hydrogens is 464 g/mol. The molecule has 2 amide bonds. The first-order valence-corrected chi connectivity index (χ1v) is 12.9. The summed E-state index contributed by atoms with van der Waals surface area (Å²) in [6, 6.07) is 16.4. The highest BCUT2D eigenvalue weighted by Gasteiger charge is 2.28. The highest BCUT2D eigenvalue weighted by molar-refractivity contribution is 5.96. The van der Waals surface area contributed by atoms with Crippen molar-refractivity contribution in [3.63, 3.8) is 0 Å². The number of aromatic nitrogens is 3. The van der Waals surface area contributed by atoms with Crippen molar-refractivity contribution in [3.8, 4) is 23.1 Å². The molecule has 1 fully saturated rings. The Morgan fingerprint density at radius 3 is 2.70 bits per heavy atom. The van der Waals surface area contributed by atoms with Gasteiger partial charge >= 0.3 is 6.03 Å². The molecule has 3 N–H and O–H groups in total. The number of nitrogens with one attached hydrogen (secondary N) is 3.